The summed E-state index contributed by atoms with van der Waals surface area (Å²) < 4.78 is 18.5. The molecule has 4 heteroatoms. The van der Waals surface area contributed by atoms with Gasteiger partial charge in [0.15, 0.2) is 0 Å². The Labute approximate surface area is 93.9 Å². The lowest BCUT2D eigenvalue weighted by Gasteiger charge is -2.16. The minimum absolute atomic E-state index is 0.0785. The molecule has 0 aromatic heterocycles. The van der Waals surface area contributed by atoms with Crippen LogP contribution in [-0.4, -0.2) is 17.2 Å². The SMILES string of the molecule is CC(C)Oc1ccc(F)cc1C(C)C(=O)O. The summed E-state index contributed by atoms with van der Waals surface area (Å²) in [5.41, 5.74) is 0.362. The number of halogens is 1. The van der Waals surface area contributed by atoms with Gasteiger partial charge in [-0.05, 0) is 39.0 Å². The first kappa shape index (κ1) is 12.5. The van der Waals surface area contributed by atoms with Gasteiger partial charge < -0.3 is 9.84 Å². The van der Waals surface area contributed by atoms with E-state index in [1.165, 1.54) is 25.1 Å². The topological polar surface area (TPSA) is 46.5 Å². The van der Waals surface area contributed by atoms with Crippen molar-refractivity contribution in [1.29, 1.82) is 0 Å². The molecule has 16 heavy (non-hydrogen) atoms. The Morgan fingerprint density at radius 2 is 2.00 bits per heavy atom. The molecule has 0 aliphatic heterocycles. The summed E-state index contributed by atoms with van der Waals surface area (Å²) in [4.78, 5) is 10.9. The van der Waals surface area contributed by atoms with E-state index in [1.54, 1.807) is 0 Å². The Hall–Kier alpha value is -1.58. The molecule has 0 saturated heterocycles. The molecular formula is C12H15FO3. The highest BCUT2D eigenvalue weighted by Gasteiger charge is 2.19. The van der Waals surface area contributed by atoms with Crippen molar-refractivity contribution in [2.24, 2.45) is 0 Å². The lowest BCUT2D eigenvalue weighted by molar-refractivity contribution is -0.138. The van der Waals surface area contributed by atoms with Crippen molar-refractivity contribution in [1.82, 2.24) is 0 Å². The van der Waals surface area contributed by atoms with Crippen LogP contribution in [0, 0.1) is 5.82 Å². The van der Waals surface area contributed by atoms with Gasteiger partial charge in [-0.1, -0.05) is 0 Å². The van der Waals surface area contributed by atoms with E-state index in [2.05, 4.69) is 0 Å². The first-order valence-electron chi connectivity index (χ1n) is 5.10. The maximum Gasteiger partial charge on any atom is 0.310 e. The third kappa shape index (κ3) is 2.95. The Morgan fingerprint density at radius 3 is 2.50 bits per heavy atom. The molecule has 1 N–H and O–H groups in total. The zero-order chi connectivity index (χ0) is 12.3. The molecule has 0 heterocycles. The standard InChI is InChI=1S/C12H15FO3/c1-7(2)16-11-5-4-9(13)6-10(11)8(3)12(14)15/h4-8H,1-3H3,(H,14,15). The smallest absolute Gasteiger partial charge is 0.310 e. The average Bonchev–Trinajstić information content (AvgIpc) is 2.18. The Kier molecular flexibility index (Phi) is 3.88. The van der Waals surface area contributed by atoms with Crippen LogP contribution in [0.5, 0.6) is 5.75 Å². The van der Waals surface area contributed by atoms with Gasteiger partial charge in [-0.25, -0.2) is 4.39 Å². The summed E-state index contributed by atoms with van der Waals surface area (Å²) in [6.07, 6.45) is -0.0785. The van der Waals surface area contributed by atoms with Crippen LogP contribution >= 0.6 is 0 Å². The lowest BCUT2D eigenvalue weighted by atomic mass is 10.00. The van der Waals surface area contributed by atoms with Gasteiger partial charge in [0.05, 0.1) is 12.0 Å². The monoisotopic (exact) mass is 226 g/mol. The normalized spacial score (nSPS) is 12.6. The molecule has 88 valence electrons. The molecule has 0 aliphatic rings. The van der Waals surface area contributed by atoms with E-state index in [0.29, 0.717) is 11.3 Å². The van der Waals surface area contributed by atoms with Gasteiger partial charge in [0.2, 0.25) is 0 Å². The number of carboxylic acids is 1. The summed E-state index contributed by atoms with van der Waals surface area (Å²) in [5.74, 6) is -1.82. The number of benzene rings is 1. The second-order valence-electron chi connectivity index (χ2n) is 3.91. The van der Waals surface area contributed by atoms with Gasteiger partial charge in [0, 0.05) is 5.56 Å². The largest absolute Gasteiger partial charge is 0.491 e. The van der Waals surface area contributed by atoms with Gasteiger partial charge in [-0.15, -0.1) is 0 Å². The van der Waals surface area contributed by atoms with Crippen LogP contribution in [0.2, 0.25) is 0 Å². The third-order valence-corrected chi connectivity index (χ3v) is 2.17. The zero-order valence-corrected chi connectivity index (χ0v) is 9.53. The molecular weight excluding hydrogens is 211 g/mol. The van der Waals surface area contributed by atoms with E-state index in [9.17, 15) is 9.18 Å². The average molecular weight is 226 g/mol. The Morgan fingerprint density at radius 1 is 1.38 bits per heavy atom. The van der Waals surface area contributed by atoms with E-state index in [-0.39, 0.29) is 6.10 Å². The van der Waals surface area contributed by atoms with E-state index in [4.69, 9.17) is 9.84 Å². The van der Waals surface area contributed by atoms with Crippen molar-refractivity contribution in [3.63, 3.8) is 0 Å². The minimum Gasteiger partial charge on any atom is -0.491 e. The summed E-state index contributed by atoms with van der Waals surface area (Å²) in [5, 5.41) is 8.91. The van der Waals surface area contributed by atoms with Gasteiger partial charge in [0.1, 0.15) is 11.6 Å². The Balaban J connectivity index is 3.12. The third-order valence-electron chi connectivity index (χ3n) is 2.17. The first-order valence-corrected chi connectivity index (χ1v) is 5.10. The van der Waals surface area contributed by atoms with Crippen molar-refractivity contribution >= 4 is 5.97 Å². The van der Waals surface area contributed by atoms with E-state index in [0.717, 1.165) is 0 Å². The summed E-state index contributed by atoms with van der Waals surface area (Å²) in [6, 6.07) is 3.93. The highest BCUT2D eigenvalue weighted by Crippen LogP contribution is 2.28. The van der Waals surface area contributed by atoms with Crippen LogP contribution in [0.3, 0.4) is 0 Å². The summed E-state index contributed by atoms with van der Waals surface area (Å²) in [6.45, 7) is 5.17. The first-order chi connectivity index (χ1) is 7.41. The summed E-state index contributed by atoms with van der Waals surface area (Å²) in [7, 11) is 0. The minimum atomic E-state index is -1.00. The molecule has 1 atom stereocenters. The van der Waals surface area contributed by atoms with E-state index in [1.807, 2.05) is 13.8 Å². The van der Waals surface area contributed by atoms with Gasteiger partial charge >= 0.3 is 5.97 Å². The predicted molar refractivity (Wildman–Crippen MR) is 58.2 cm³/mol. The van der Waals surface area contributed by atoms with Crippen LogP contribution < -0.4 is 4.74 Å². The van der Waals surface area contributed by atoms with Gasteiger partial charge in [-0.2, -0.15) is 0 Å². The van der Waals surface area contributed by atoms with Crippen LogP contribution in [0.15, 0.2) is 18.2 Å². The molecule has 0 amide bonds. The number of rotatable bonds is 4. The predicted octanol–water partition coefficient (Wildman–Crippen LogP) is 2.80. The molecule has 1 rings (SSSR count). The molecule has 1 aromatic carbocycles. The quantitative estimate of drug-likeness (QED) is 0.858. The van der Waals surface area contributed by atoms with Gasteiger partial charge in [0.25, 0.3) is 0 Å². The zero-order valence-electron chi connectivity index (χ0n) is 9.53. The molecule has 0 spiro atoms. The molecule has 3 nitrogen and oxygen atoms in total. The number of ether oxygens (including phenoxy) is 1. The number of carbonyl (C=O) groups is 1. The highest BCUT2D eigenvalue weighted by molar-refractivity contribution is 5.76. The second kappa shape index (κ2) is 4.96. The molecule has 0 aliphatic carbocycles. The number of hydrogen-bond acceptors (Lipinski definition) is 2. The molecule has 1 aromatic rings. The van der Waals surface area contributed by atoms with Crippen molar-refractivity contribution in [3.8, 4) is 5.75 Å². The van der Waals surface area contributed by atoms with Crippen molar-refractivity contribution < 1.29 is 19.0 Å². The molecule has 0 fully saturated rings. The van der Waals surface area contributed by atoms with E-state index < -0.39 is 17.7 Å². The van der Waals surface area contributed by atoms with Crippen molar-refractivity contribution in [3.05, 3.63) is 29.6 Å². The maximum atomic E-state index is 13.1. The molecule has 0 bridgehead atoms. The van der Waals surface area contributed by atoms with Crippen molar-refractivity contribution in [2.45, 2.75) is 32.8 Å². The van der Waals surface area contributed by atoms with Crippen LogP contribution in [-0.2, 0) is 4.79 Å². The number of hydrogen-bond donors (Lipinski definition) is 1. The fourth-order valence-electron chi connectivity index (χ4n) is 1.35. The van der Waals surface area contributed by atoms with Crippen LogP contribution in [0.1, 0.15) is 32.3 Å². The summed E-state index contributed by atoms with van der Waals surface area (Å²) >= 11 is 0. The highest BCUT2D eigenvalue weighted by atomic mass is 19.1. The second-order valence-corrected chi connectivity index (χ2v) is 3.91. The fraction of sp³-hybridized carbons (Fsp3) is 0.417. The Bertz CT molecular complexity index is 388. The molecule has 1 unspecified atom stereocenters. The number of carboxylic acid groups (broad SMARTS) is 1. The van der Waals surface area contributed by atoms with E-state index >= 15 is 0 Å². The number of aliphatic carboxylic acids is 1. The fourth-order valence-corrected chi connectivity index (χ4v) is 1.35. The van der Waals surface area contributed by atoms with Crippen LogP contribution in [0.25, 0.3) is 0 Å². The van der Waals surface area contributed by atoms with Crippen molar-refractivity contribution in [2.75, 3.05) is 0 Å². The molecule has 0 radical (unpaired) electrons. The molecule has 0 saturated carbocycles. The van der Waals surface area contributed by atoms with Crippen LogP contribution in [0.4, 0.5) is 4.39 Å². The maximum absolute atomic E-state index is 13.1. The van der Waals surface area contributed by atoms with Gasteiger partial charge in [-0.3, -0.25) is 4.79 Å². The lowest BCUT2D eigenvalue weighted by Crippen LogP contribution is -2.13.